The van der Waals surface area contributed by atoms with Crippen LogP contribution < -0.4 is 15.2 Å². The second kappa shape index (κ2) is 10.1. The number of carbonyl (C=O) groups excluding carboxylic acids is 1. The van der Waals surface area contributed by atoms with E-state index in [-0.39, 0.29) is 16.3 Å². The van der Waals surface area contributed by atoms with Crippen LogP contribution in [0.25, 0.3) is 49.1 Å². The summed E-state index contributed by atoms with van der Waals surface area (Å²) in [5, 5.41) is 17.3. The van der Waals surface area contributed by atoms with Gasteiger partial charge >= 0.3 is 11.6 Å². The van der Waals surface area contributed by atoms with Crippen LogP contribution in [0.5, 0.6) is 11.7 Å². The number of aromatic nitrogens is 3. The van der Waals surface area contributed by atoms with Crippen LogP contribution in [0.3, 0.4) is 0 Å². The molecule has 8 nitrogen and oxygen atoms in total. The van der Waals surface area contributed by atoms with Gasteiger partial charge in [0.1, 0.15) is 15.5 Å². The van der Waals surface area contributed by atoms with Gasteiger partial charge in [-0.05, 0) is 40.1 Å². The third-order valence-electron chi connectivity index (χ3n) is 7.21. The van der Waals surface area contributed by atoms with Crippen molar-refractivity contribution in [1.29, 1.82) is 0 Å². The molecule has 3 aromatic heterocycles. The lowest BCUT2D eigenvalue weighted by Crippen LogP contribution is -2.38. The van der Waals surface area contributed by atoms with Crippen molar-refractivity contribution in [2.75, 3.05) is 12.8 Å². The smallest absolute Gasteiger partial charge is 0.393 e. The molecule has 0 saturated carbocycles. The fourth-order valence-electron chi connectivity index (χ4n) is 5.18. The SMILES string of the molecule is COc1ccc(-[n+]2noc(O)c2C(=O)c2sc3nc(-c4cccc5ccccc45)cc(-c4ccccc4)c3c2N)cc1. The van der Waals surface area contributed by atoms with Gasteiger partial charge in [0.05, 0.1) is 18.5 Å². The van der Waals surface area contributed by atoms with Gasteiger partial charge in [0.15, 0.2) is 0 Å². The highest BCUT2D eigenvalue weighted by Crippen LogP contribution is 2.43. The number of pyridine rings is 1. The van der Waals surface area contributed by atoms with Crippen LogP contribution in [-0.4, -0.2) is 28.3 Å². The van der Waals surface area contributed by atoms with Gasteiger partial charge in [-0.1, -0.05) is 72.8 Å². The Bertz CT molecular complexity index is 2110. The number of aromatic hydroxyl groups is 1. The van der Waals surface area contributed by atoms with Gasteiger partial charge in [-0.15, -0.1) is 11.3 Å². The zero-order valence-corrected chi connectivity index (χ0v) is 23.1. The maximum Gasteiger partial charge on any atom is 0.393 e. The summed E-state index contributed by atoms with van der Waals surface area (Å²) in [5.74, 6) is -0.508. The Balaban J connectivity index is 1.43. The molecule has 7 aromatic rings. The number of fused-ring (bicyclic) bond motifs is 2. The summed E-state index contributed by atoms with van der Waals surface area (Å²) in [7, 11) is 1.56. The normalized spacial score (nSPS) is 11.3. The van der Waals surface area contributed by atoms with Gasteiger partial charge in [-0.25, -0.2) is 4.98 Å². The number of anilines is 1. The summed E-state index contributed by atoms with van der Waals surface area (Å²) < 4.78 is 11.5. The highest BCUT2D eigenvalue weighted by atomic mass is 32.1. The van der Waals surface area contributed by atoms with Crippen LogP contribution in [-0.2, 0) is 0 Å². The molecule has 0 saturated heterocycles. The van der Waals surface area contributed by atoms with E-state index in [0.717, 1.165) is 33.2 Å². The minimum absolute atomic E-state index is 0.144. The van der Waals surface area contributed by atoms with E-state index in [2.05, 4.69) is 23.5 Å². The second-order valence-corrected chi connectivity index (χ2v) is 10.6. The Labute approximate surface area is 243 Å². The zero-order valence-electron chi connectivity index (χ0n) is 22.3. The van der Waals surface area contributed by atoms with E-state index < -0.39 is 11.7 Å². The molecule has 204 valence electrons. The number of methoxy groups -OCH3 is 1. The molecule has 0 fully saturated rings. The van der Waals surface area contributed by atoms with Crippen molar-refractivity contribution in [3.05, 3.63) is 114 Å². The number of benzene rings is 4. The summed E-state index contributed by atoms with van der Waals surface area (Å²) in [4.78, 5) is 19.9. The van der Waals surface area contributed by atoms with E-state index in [4.69, 9.17) is 20.0 Å². The Hall–Kier alpha value is -5.54. The first-order valence-electron chi connectivity index (χ1n) is 13.1. The summed E-state index contributed by atoms with van der Waals surface area (Å²) in [6.07, 6.45) is 0. The molecule has 0 aliphatic rings. The number of rotatable bonds is 6. The van der Waals surface area contributed by atoms with Gasteiger partial charge in [-0.2, -0.15) is 0 Å². The van der Waals surface area contributed by atoms with Crippen LogP contribution in [0.4, 0.5) is 5.69 Å². The third-order valence-corrected chi connectivity index (χ3v) is 8.31. The number of nitrogens with two attached hydrogens (primary N) is 1. The largest absolute Gasteiger partial charge is 0.497 e. The quantitative estimate of drug-likeness (QED) is 0.171. The Kier molecular flexibility index (Phi) is 6.14. The summed E-state index contributed by atoms with van der Waals surface area (Å²) in [5.41, 5.74) is 10.9. The lowest BCUT2D eigenvalue weighted by atomic mass is 9.97. The minimum Gasteiger partial charge on any atom is -0.497 e. The van der Waals surface area contributed by atoms with E-state index in [9.17, 15) is 9.90 Å². The molecule has 0 spiro atoms. The molecule has 0 amide bonds. The molecule has 0 aliphatic heterocycles. The average Bonchev–Trinajstić information content (AvgIpc) is 3.59. The molecule has 0 aliphatic carbocycles. The van der Waals surface area contributed by atoms with Crippen molar-refractivity contribution < 1.29 is 23.8 Å². The van der Waals surface area contributed by atoms with Crippen LogP contribution in [0.2, 0.25) is 0 Å². The fourth-order valence-corrected chi connectivity index (χ4v) is 6.24. The predicted octanol–water partition coefficient (Wildman–Crippen LogP) is 6.58. The first-order valence-corrected chi connectivity index (χ1v) is 13.9. The molecule has 9 heteroatoms. The van der Waals surface area contributed by atoms with Gasteiger partial charge < -0.3 is 15.6 Å². The van der Waals surface area contributed by atoms with Crippen LogP contribution >= 0.6 is 11.3 Å². The first-order chi connectivity index (χ1) is 20.5. The molecular formula is C33H23N4O4S+. The average molecular weight is 572 g/mol. The number of nitrogen functional groups attached to an aromatic ring is 1. The lowest BCUT2D eigenvalue weighted by Gasteiger charge is -2.11. The first kappa shape index (κ1) is 25.4. The summed E-state index contributed by atoms with van der Waals surface area (Å²) in [6.45, 7) is 0. The summed E-state index contributed by atoms with van der Waals surface area (Å²) >= 11 is 1.17. The molecule has 0 atom stereocenters. The van der Waals surface area contributed by atoms with E-state index >= 15 is 0 Å². The van der Waals surface area contributed by atoms with Crippen LogP contribution in [0.15, 0.2) is 108 Å². The van der Waals surface area contributed by atoms with Crippen molar-refractivity contribution >= 4 is 43.8 Å². The molecule has 3 N–H and O–H groups in total. The highest BCUT2D eigenvalue weighted by molar-refractivity contribution is 7.21. The van der Waals surface area contributed by atoms with Crippen molar-refractivity contribution in [2.24, 2.45) is 0 Å². The van der Waals surface area contributed by atoms with Gasteiger partial charge in [0.25, 0.3) is 5.78 Å². The molecule has 0 unspecified atom stereocenters. The fraction of sp³-hybridized carbons (Fsp3) is 0.0303. The predicted molar refractivity (Wildman–Crippen MR) is 162 cm³/mol. The minimum atomic E-state index is -0.611. The van der Waals surface area contributed by atoms with Gasteiger partial charge in [0.2, 0.25) is 11.0 Å². The number of ether oxygens (including phenoxy) is 1. The zero-order chi connectivity index (χ0) is 28.8. The van der Waals surface area contributed by atoms with Crippen molar-refractivity contribution in [1.82, 2.24) is 10.3 Å². The Morgan fingerprint density at radius 2 is 1.67 bits per heavy atom. The van der Waals surface area contributed by atoms with Crippen LogP contribution in [0.1, 0.15) is 15.4 Å². The Morgan fingerprint density at radius 1 is 0.929 bits per heavy atom. The van der Waals surface area contributed by atoms with Crippen LogP contribution in [0, 0.1) is 0 Å². The topological polar surface area (TPSA) is 115 Å². The van der Waals surface area contributed by atoms with Crippen molar-refractivity contribution in [3.63, 3.8) is 0 Å². The van der Waals surface area contributed by atoms with Crippen molar-refractivity contribution in [2.45, 2.75) is 0 Å². The molecule has 42 heavy (non-hydrogen) atoms. The molecule has 4 aromatic carbocycles. The van der Waals surface area contributed by atoms with Gasteiger partial charge in [-0.3, -0.25) is 9.32 Å². The standard InChI is InChI=1S/C33H22N4O4S/c1-40-22-16-14-21(15-17-22)37-29(33(39)41-36-37)30(38)31-28(34)27-25(20-8-3-2-4-9-20)18-26(35-32(27)42-31)24-13-7-11-19-10-5-6-12-23(19)24/h2-18H,1H3,(H2-,34,36,38,39)/p+1. The summed E-state index contributed by atoms with van der Waals surface area (Å²) in [6, 6.07) is 33.0. The third kappa shape index (κ3) is 4.15. The molecular weight excluding hydrogens is 548 g/mol. The molecule has 3 heterocycles. The van der Waals surface area contributed by atoms with E-state index in [0.29, 0.717) is 21.7 Å². The monoisotopic (exact) mass is 571 g/mol. The highest BCUT2D eigenvalue weighted by Gasteiger charge is 2.37. The molecule has 7 rings (SSSR count). The number of nitrogens with zero attached hydrogens (tertiary/aromatic N) is 3. The van der Waals surface area contributed by atoms with Crippen molar-refractivity contribution in [3.8, 4) is 39.8 Å². The number of hydrogen-bond donors (Lipinski definition) is 2. The Morgan fingerprint density at radius 3 is 2.45 bits per heavy atom. The lowest BCUT2D eigenvalue weighted by molar-refractivity contribution is -0.672. The number of hydrogen-bond acceptors (Lipinski definition) is 8. The van der Waals surface area contributed by atoms with E-state index in [1.165, 1.54) is 16.0 Å². The van der Waals surface area contributed by atoms with E-state index in [1.807, 2.05) is 60.7 Å². The maximum absolute atomic E-state index is 14.0. The number of carbonyl (C=O) groups is 1. The maximum atomic E-state index is 14.0. The molecule has 0 bridgehead atoms. The number of thiophene rings is 1. The molecule has 0 radical (unpaired) electrons. The number of ketones is 1. The second-order valence-electron chi connectivity index (χ2n) is 9.64. The van der Waals surface area contributed by atoms with E-state index in [1.54, 1.807) is 31.4 Å². The van der Waals surface area contributed by atoms with Gasteiger partial charge in [0, 0.05) is 27.8 Å².